The van der Waals surface area contributed by atoms with Crippen LogP contribution in [0.5, 0.6) is 0 Å². The number of hydrogen-bond donors (Lipinski definition) is 2. The van der Waals surface area contributed by atoms with Gasteiger partial charge in [0.15, 0.2) is 5.13 Å². The first kappa shape index (κ1) is 20.4. The Kier molecular flexibility index (Phi) is 5.89. The summed E-state index contributed by atoms with van der Waals surface area (Å²) < 4.78 is 2.15. The molecule has 6 nitrogen and oxygen atoms in total. The lowest BCUT2D eigenvalue weighted by molar-refractivity contribution is -0.644. The normalized spacial score (nSPS) is 16.1. The first-order valence-electron chi connectivity index (χ1n) is 11.3. The molecule has 1 aliphatic carbocycles. The number of allylic oxidation sites excluding steroid dienone is 1. The lowest BCUT2D eigenvalue weighted by atomic mass is 9.90. The Hall–Kier alpha value is -2.48. The predicted octanol–water partition coefficient (Wildman–Crippen LogP) is 3.55. The van der Waals surface area contributed by atoms with Gasteiger partial charge in [-0.1, -0.05) is 18.2 Å². The highest BCUT2D eigenvalue weighted by atomic mass is 32.1. The Morgan fingerprint density at radius 2 is 2.00 bits per heavy atom. The molecule has 1 aliphatic heterocycles. The molecule has 0 amide bonds. The summed E-state index contributed by atoms with van der Waals surface area (Å²) >= 11 is 1.69. The second-order valence-electron chi connectivity index (χ2n) is 8.56. The van der Waals surface area contributed by atoms with Crippen LogP contribution < -0.4 is 10.6 Å². The maximum atomic E-state index is 4.91. The average Bonchev–Trinajstić information content (AvgIpc) is 3.37. The fraction of sp³-hybridized carbons (Fsp3) is 0.417. The van der Waals surface area contributed by atoms with E-state index in [1.807, 2.05) is 0 Å². The van der Waals surface area contributed by atoms with Crippen molar-refractivity contribution in [3.8, 4) is 22.5 Å². The van der Waals surface area contributed by atoms with Gasteiger partial charge in [-0.2, -0.15) is 5.10 Å². The van der Waals surface area contributed by atoms with Crippen molar-refractivity contribution in [1.29, 1.82) is 0 Å². The monoisotopic (exact) mass is 435 g/mol. The third-order valence-electron chi connectivity index (χ3n) is 6.23. The smallest absolute Gasteiger partial charge is 0.187 e. The van der Waals surface area contributed by atoms with Crippen LogP contribution in [0.1, 0.15) is 31.9 Å². The molecule has 0 unspecified atom stereocenters. The standard InChI is InChI=1S/C24H30N6S/c1-3-25-14-22(17-6-4-7-17)26-24-27-23(16-31-24)19-9-5-8-18(12-19)21-13-20-15-29(2)10-11-30(20)28-21/h5,8-9,12-13,16,25H,3-4,6-7,10-11,14-15H2,1-2H3,(H,26,27)/p+1. The van der Waals surface area contributed by atoms with Crippen LogP contribution in [0.3, 0.4) is 0 Å². The second-order valence-corrected chi connectivity index (χ2v) is 9.42. The van der Waals surface area contributed by atoms with E-state index in [9.17, 15) is 0 Å². The van der Waals surface area contributed by atoms with E-state index in [1.165, 1.54) is 30.7 Å². The Morgan fingerprint density at radius 1 is 1.16 bits per heavy atom. The van der Waals surface area contributed by atoms with E-state index < -0.39 is 0 Å². The van der Waals surface area contributed by atoms with Crippen LogP contribution in [0, 0.1) is 0 Å². The molecule has 5 rings (SSSR count). The molecule has 2 aromatic heterocycles. The molecule has 0 radical (unpaired) electrons. The number of nitrogens with two attached hydrogens (primary N) is 1. The number of likely N-dealkylation sites (N-methyl/N-ethyl adjacent to an activating group) is 2. The molecule has 31 heavy (non-hydrogen) atoms. The highest BCUT2D eigenvalue weighted by Gasteiger charge is 2.18. The number of fused-ring (bicyclic) bond motifs is 1. The van der Waals surface area contributed by atoms with Crippen LogP contribution in [0.15, 0.2) is 47.0 Å². The van der Waals surface area contributed by atoms with Crippen molar-refractivity contribution in [3.05, 3.63) is 52.7 Å². The first-order valence-corrected chi connectivity index (χ1v) is 12.2. The van der Waals surface area contributed by atoms with E-state index in [2.05, 4.69) is 69.9 Å². The molecule has 0 atom stereocenters. The van der Waals surface area contributed by atoms with E-state index in [4.69, 9.17) is 10.1 Å². The second kappa shape index (κ2) is 8.94. The molecule has 0 saturated heterocycles. The molecular weight excluding hydrogens is 404 g/mol. The van der Waals surface area contributed by atoms with Gasteiger partial charge in [-0.15, -0.1) is 11.3 Å². The quantitative estimate of drug-likeness (QED) is 0.596. The van der Waals surface area contributed by atoms with Crippen molar-refractivity contribution >= 4 is 16.5 Å². The zero-order chi connectivity index (χ0) is 21.2. The highest BCUT2D eigenvalue weighted by Crippen LogP contribution is 2.32. The summed E-state index contributed by atoms with van der Waals surface area (Å²) in [7, 11) is 2.16. The van der Waals surface area contributed by atoms with E-state index in [-0.39, 0.29) is 0 Å². The molecule has 1 aromatic carbocycles. The number of anilines is 1. The lowest BCUT2D eigenvalue weighted by Crippen LogP contribution is -2.84. The molecule has 2 aliphatic rings. The molecule has 0 bridgehead atoms. The van der Waals surface area contributed by atoms with Crippen molar-refractivity contribution in [2.24, 2.45) is 0 Å². The van der Waals surface area contributed by atoms with Crippen molar-refractivity contribution in [3.63, 3.8) is 0 Å². The van der Waals surface area contributed by atoms with Crippen molar-refractivity contribution in [1.82, 2.24) is 19.7 Å². The molecule has 3 aromatic rings. The van der Waals surface area contributed by atoms with Crippen LogP contribution in [0.2, 0.25) is 0 Å². The van der Waals surface area contributed by atoms with Gasteiger partial charge in [0.25, 0.3) is 0 Å². The van der Waals surface area contributed by atoms with E-state index >= 15 is 0 Å². The maximum absolute atomic E-state index is 4.91. The number of nitrogens with one attached hydrogen (secondary N) is 1. The summed E-state index contributed by atoms with van der Waals surface area (Å²) in [4.78, 5) is 7.25. The zero-order valence-corrected chi connectivity index (χ0v) is 19.2. The third kappa shape index (κ3) is 4.44. The van der Waals surface area contributed by atoms with Gasteiger partial charge in [0.1, 0.15) is 6.54 Å². The Bertz CT molecular complexity index is 1090. The summed E-state index contributed by atoms with van der Waals surface area (Å²) in [6, 6.07) is 10.8. The van der Waals surface area contributed by atoms with Crippen molar-refractivity contribution in [2.45, 2.75) is 39.3 Å². The van der Waals surface area contributed by atoms with Gasteiger partial charge in [-0.05, 0) is 50.9 Å². The summed E-state index contributed by atoms with van der Waals surface area (Å²) in [5.41, 5.74) is 8.58. The topological polar surface area (TPSA) is 62.6 Å². The minimum Gasteiger partial charge on any atom is -0.342 e. The van der Waals surface area contributed by atoms with Gasteiger partial charge in [0.2, 0.25) is 0 Å². The third-order valence-corrected chi connectivity index (χ3v) is 6.98. The van der Waals surface area contributed by atoms with Gasteiger partial charge in [-0.25, -0.2) is 4.98 Å². The number of rotatable bonds is 7. The molecular formula is C24H31N6S+. The number of quaternary nitrogens is 1. The van der Waals surface area contributed by atoms with Crippen LogP contribution in [0.4, 0.5) is 5.13 Å². The summed E-state index contributed by atoms with van der Waals surface area (Å²) in [5, 5.41) is 14.0. The average molecular weight is 436 g/mol. The van der Waals surface area contributed by atoms with E-state index in [1.54, 1.807) is 16.9 Å². The van der Waals surface area contributed by atoms with E-state index in [0.717, 1.165) is 60.4 Å². The number of benzene rings is 1. The fourth-order valence-corrected chi connectivity index (χ4v) is 4.94. The maximum Gasteiger partial charge on any atom is 0.187 e. The predicted molar refractivity (Wildman–Crippen MR) is 127 cm³/mol. The van der Waals surface area contributed by atoms with Crippen LogP contribution in [-0.4, -0.2) is 46.3 Å². The van der Waals surface area contributed by atoms with Gasteiger partial charge < -0.3 is 10.6 Å². The van der Waals surface area contributed by atoms with Crippen LogP contribution >= 0.6 is 11.3 Å². The highest BCUT2D eigenvalue weighted by molar-refractivity contribution is 7.14. The molecule has 0 spiro atoms. The van der Waals surface area contributed by atoms with Crippen LogP contribution in [-0.2, 0) is 13.1 Å². The summed E-state index contributed by atoms with van der Waals surface area (Å²) in [5.74, 6) is 0. The Morgan fingerprint density at radius 3 is 2.77 bits per heavy atom. The summed E-state index contributed by atoms with van der Waals surface area (Å²) in [6.07, 6.45) is 3.77. The molecule has 3 N–H and O–H groups in total. The van der Waals surface area contributed by atoms with Crippen molar-refractivity contribution in [2.75, 3.05) is 32.0 Å². The van der Waals surface area contributed by atoms with Crippen LogP contribution in [0.25, 0.3) is 22.5 Å². The summed E-state index contributed by atoms with van der Waals surface area (Å²) in [6.45, 7) is 7.28. The van der Waals surface area contributed by atoms with Crippen molar-refractivity contribution < 1.29 is 5.32 Å². The number of aromatic nitrogens is 3. The van der Waals surface area contributed by atoms with E-state index in [0.29, 0.717) is 0 Å². The lowest BCUT2D eigenvalue weighted by Gasteiger charge is -2.22. The number of nitrogens with zero attached hydrogens (tertiary/aromatic N) is 4. The molecule has 3 heterocycles. The Balaban J connectivity index is 1.36. The number of thiazole rings is 1. The fourth-order valence-electron chi connectivity index (χ4n) is 4.20. The molecule has 1 saturated carbocycles. The minimum atomic E-state index is 0.958. The molecule has 162 valence electrons. The molecule has 1 fully saturated rings. The SMILES string of the molecule is CC[NH2+]CC(Nc1nc(-c2cccc(-c3cc4n(n3)CCN(C)C4)c2)cs1)=C1CCC1. The Labute approximate surface area is 188 Å². The zero-order valence-electron chi connectivity index (χ0n) is 18.4. The van der Waals surface area contributed by atoms with Gasteiger partial charge >= 0.3 is 0 Å². The molecule has 7 heteroatoms. The first-order chi connectivity index (χ1) is 15.2. The van der Waals surface area contributed by atoms with Gasteiger partial charge in [-0.3, -0.25) is 9.58 Å². The van der Waals surface area contributed by atoms with Gasteiger partial charge in [0.05, 0.1) is 35.9 Å². The largest absolute Gasteiger partial charge is 0.342 e. The minimum absolute atomic E-state index is 0.958. The number of hydrogen-bond acceptors (Lipinski definition) is 5. The van der Waals surface area contributed by atoms with Gasteiger partial charge in [0, 0.05) is 29.6 Å².